The smallest absolute Gasteiger partial charge is 0.312 e. The van der Waals surface area contributed by atoms with Crippen molar-refractivity contribution >= 4 is 12.0 Å². The van der Waals surface area contributed by atoms with Crippen molar-refractivity contribution in [1.82, 2.24) is 0 Å². The average Bonchev–Trinajstić information content (AvgIpc) is 2.26. The highest BCUT2D eigenvalue weighted by molar-refractivity contribution is 5.75. The van der Waals surface area contributed by atoms with E-state index >= 15 is 0 Å². The standard InChI is InChI=1S/C12H14O2/c1-10(12(13)14-2)8-9-11-6-4-3-5-7-11/h3-10H,1-2H3. The molecule has 0 radical (unpaired) electrons. The van der Waals surface area contributed by atoms with Crippen LogP contribution in [-0.2, 0) is 9.53 Å². The fourth-order valence-corrected chi connectivity index (χ4v) is 1.08. The summed E-state index contributed by atoms with van der Waals surface area (Å²) in [5.41, 5.74) is 1.09. The van der Waals surface area contributed by atoms with Crippen LogP contribution in [-0.4, -0.2) is 13.1 Å². The van der Waals surface area contributed by atoms with Gasteiger partial charge in [-0.3, -0.25) is 4.79 Å². The lowest BCUT2D eigenvalue weighted by molar-refractivity contribution is -0.143. The maximum absolute atomic E-state index is 11.1. The lowest BCUT2D eigenvalue weighted by Gasteiger charge is -2.02. The maximum atomic E-state index is 11.1. The normalized spacial score (nSPS) is 12.7. The van der Waals surface area contributed by atoms with Gasteiger partial charge in [0.25, 0.3) is 0 Å². The molecule has 1 aromatic rings. The fourth-order valence-electron chi connectivity index (χ4n) is 1.08. The third kappa shape index (κ3) is 3.05. The van der Waals surface area contributed by atoms with E-state index in [0.29, 0.717) is 0 Å². The molecule has 0 aliphatic rings. The Kier molecular flexibility index (Phi) is 3.92. The van der Waals surface area contributed by atoms with E-state index in [1.165, 1.54) is 7.11 Å². The van der Waals surface area contributed by atoms with Gasteiger partial charge in [-0.1, -0.05) is 42.5 Å². The number of ether oxygens (including phenoxy) is 1. The molecule has 2 heteroatoms. The van der Waals surface area contributed by atoms with Crippen molar-refractivity contribution < 1.29 is 9.53 Å². The summed E-state index contributed by atoms with van der Waals surface area (Å²) in [4.78, 5) is 11.1. The summed E-state index contributed by atoms with van der Waals surface area (Å²) in [6.07, 6.45) is 3.75. The van der Waals surface area contributed by atoms with E-state index in [4.69, 9.17) is 0 Å². The molecule has 0 aliphatic carbocycles. The summed E-state index contributed by atoms with van der Waals surface area (Å²) in [5, 5.41) is 0. The minimum absolute atomic E-state index is 0.194. The van der Waals surface area contributed by atoms with E-state index in [2.05, 4.69) is 4.74 Å². The topological polar surface area (TPSA) is 26.3 Å². The Hall–Kier alpha value is -1.57. The maximum Gasteiger partial charge on any atom is 0.312 e. The first kappa shape index (κ1) is 10.5. The van der Waals surface area contributed by atoms with Crippen LogP contribution in [0.25, 0.3) is 6.08 Å². The Morgan fingerprint density at radius 2 is 2.00 bits per heavy atom. The van der Waals surface area contributed by atoms with Crippen LogP contribution in [0.15, 0.2) is 36.4 Å². The van der Waals surface area contributed by atoms with Crippen molar-refractivity contribution in [1.29, 1.82) is 0 Å². The molecule has 1 unspecified atom stereocenters. The zero-order chi connectivity index (χ0) is 10.4. The van der Waals surface area contributed by atoms with Crippen molar-refractivity contribution in [3.8, 4) is 0 Å². The molecule has 1 rings (SSSR count). The van der Waals surface area contributed by atoms with Gasteiger partial charge in [-0.15, -0.1) is 0 Å². The van der Waals surface area contributed by atoms with E-state index in [0.717, 1.165) is 5.56 Å². The minimum atomic E-state index is -0.211. The molecule has 0 saturated heterocycles. The van der Waals surface area contributed by atoms with Crippen LogP contribution in [0.5, 0.6) is 0 Å². The monoisotopic (exact) mass is 190 g/mol. The Morgan fingerprint density at radius 1 is 1.36 bits per heavy atom. The number of hydrogen-bond donors (Lipinski definition) is 0. The van der Waals surface area contributed by atoms with Crippen molar-refractivity contribution in [3.05, 3.63) is 42.0 Å². The van der Waals surface area contributed by atoms with Crippen molar-refractivity contribution in [2.24, 2.45) is 5.92 Å². The molecule has 74 valence electrons. The van der Waals surface area contributed by atoms with E-state index in [1.807, 2.05) is 49.4 Å². The highest BCUT2D eigenvalue weighted by atomic mass is 16.5. The predicted molar refractivity (Wildman–Crippen MR) is 56.7 cm³/mol. The Labute approximate surface area is 84.2 Å². The number of benzene rings is 1. The van der Waals surface area contributed by atoms with E-state index < -0.39 is 0 Å². The molecular weight excluding hydrogens is 176 g/mol. The summed E-state index contributed by atoms with van der Waals surface area (Å²) in [7, 11) is 1.40. The highest BCUT2D eigenvalue weighted by Crippen LogP contribution is 2.06. The third-order valence-corrected chi connectivity index (χ3v) is 1.95. The molecular formula is C12H14O2. The fraction of sp³-hybridized carbons (Fsp3) is 0.250. The number of hydrogen-bond acceptors (Lipinski definition) is 2. The van der Waals surface area contributed by atoms with Gasteiger partial charge in [0.15, 0.2) is 0 Å². The number of carbonyl (C=O) groups excluding carboxylic acids is 1. The largest absolute Gasteiger partial charge is 0.469 e. The zero-order valence-electron chi connectivity index (χ0n) is 8.44. The number of carbonyl (C=O) groups is 1. The van der Waals surface area contributed by atoms with Gasteiger partial charge in [-0.2, -0.15) is 0 Å². The van der Waals surface area contributed by atoms with Crippen molar-refractivity contribution in [2.75, 3.05) is 7.11 Å². The quantitative estimate of drug-likeness (QED) is 0.684. The molecule has 0 N–H and O–H groups in total. The zero-order valence-corrected chi connectivity index (χ0v) is 8.44. The van der Waals surface area contributed by atoms with Crippen LogP contribution in [0.4, 0.5) is 0 Å². The average molecular weight is 190 g/mol. The lowest BCUT2D eigenvalue weighted by atomic mass is 10.1. The van der Waals surface area contributed by atoms with Gasteiger partial charge < -0.3 is 4.74 Å². The molecule has 1 aromatic carbocycles. The molecule has 0 fully saturated rings. The first-order chi connectivity index (χ1) is 6.74. The molecule has 1 atom stereocenters. The van der Waals surface area contributed by atoms with Gasteiger partial charge in [0, 0.05) is 0 Å². The molecule has 0 spiro atoms. The van der Waals surface area contributed by atoms with Crippen LogP contribution < -0.4 is 0 Å². The van der Waals surface area contributed by atoms with Crippen LogP contribution in [0, 0.1) is 5.92 Å². The molecule has 0 amide bonds. The van der Waals surface area contributed by atoms with Crippen LogP contribution in [0.1, 0.15) is 12.5 Å². The second-order valence-electron chi connectivity index (χ2n) is 3.08. The van der Waals surface area contributed by atoms with E-state index in [-0.39, 0.29) is 11.9 Å². The summed E-state index contributed by atoms with van der Waals surface area (Å²) in [6.45, 7) is 1.81. The molecule has 2 nitrogen and oxygen atoms in total. The van der Waals surface area contributed by atoms with Crippen molar-refractivity contribution in [3.63, 3.8) is 0 Å². The van der Waals surface area contributed by atoms with Gasteiger partial charge in [0.1, 0.15) is 0 Å². The summed E-state index contributed by atoms with van der Waals surface area (Å²) in [6, 6.07) is 9.85. The predicted octanol–water partition coefficient (Wildman–Crippen LogP) is 2.51. The van der Waals surface area contributed by atoms with Crippen LogP contribution >= 0.6 is 0 Å². The van der Waals surface area contributed by atoms with Gasteiger partial charge in [0.05, 0.1) is 13.0 Å². The molecule has 0 saturated carbocycles. The number of methoxy groups -OCH3 is 1. The number of rotatable bonds is 3. The highest BCUT2D eigenvalue weighted by Gasteiger charge is 2.07. The third-order valence-electron chi connectivity index (χ3n) is 1.95. The van der Waals surface area contributed by atoms with Crippen molar-refractivity contribution in [2.45, 2.75) is 6.92 Å². The van der Waals surface area contributed by atoms with Gasteiger partial charge >= 0.3 is 5.97 Å². The Balaban J connectivity index is 2.60. The number of esters is 1. The SMILES string of the molecule is COC(=O)C(C)C=Cc1ccccc1. The lowest BCUT2D eigenvalue weighted by Crippen LogP contribution is -2.09. The van der Waals surface area contributed by atoms with Gasteiger partial charge in [0.2, 0.25) is 0 Å². The van der Waals surface area contributed by atoms with Crippen LogP contribution in [0.2, 0.25) is 0 Å². The Bertz CT molecular complexity index is 314. The van der Waals surface area contributed by atoms with Crippen LogP contribution in [0.3, 0.4) is 0 Å². The Morgan fingerprint density at radius 3 is 2.57 bits per heavy atom. The summed E-state index contributed by atoms with van der Waals surface area (Å²) < 4.78 is 4.61. The molecule has 0 aromatic heterocycles. The van der Waals surface area contributed by atoms with Gasteiger partial charge in [-0.05, 0) is 12.5 Å². The second-order valence-corrected chi connectivity index (χ2v) is 3.08. The first-order valence-electron chi connectivity index (χ1n) is 4.55. The molecule has 14 heavy (non-hydrogen) atoms. The van der Waals surface area contributed by atoms with E-state index in [1.54, 1.807) is 0 Å². The summed E-state index contributed by atoms with van der Waals surface area (Å²) >= 11 is 0. The van der Waals surface area contributed by atoms with Gasteiger partial charge in [-0.25, -0.2) is 0 Å². The second kappa shape index (κ2) is 5.22. The molecule has 0 heterocycles. The first-order valence-corrected chi connectivity index (χ1v) is 4.55. The van der Waals surface area contributed by atoms with E-state index in [9.17, 15) is 4.79 Å². The summed E-state index contributed by atoms with van der Waals surface area (Å²) in [5.74, 6) is -0.405. The minimum Gasteiger partial charge on any atom is -0.469 e. The molecule has 0 bridgehead atoms. The molecule has 0 aliphatic heterocycles.